The van der Waals surface area contributed by atoms with Crippen molar-refractivity contribution in [2.24, 2.45) is 5.92 Å². The number of sulfonamides is 1. The Hall–Kier alpha value is -0.920. The minimum atomic E-state index is -3.40. The lowest BCUT2D eigenvalue weighted by molar-refractivity contribution is 0.266. The van der Waals surface area contributed by atoms with Crippen molar-refractivity contribution in [2.75, 3.05) is 19.6 Å². The van der Waals surface area contributed by atoms with Crippen LogP contribution in [0.1, 0.15) is 38.4 Å². The molecule has 1 aliphatic carbocycles. The monoisotopic (exact) mass is 312 g/mol. The Morgan fingerprint density at radius 3 is 2.62 bits per heavy atom. The van der Waals surface area contributed by atoms with Gasteiger partial charge >= 0.3 is 0 Å². The van der Waals surface area contributed by atoms with Gasteiger partial charge < -0.3 is 10.3 Å². The average Bonchev–Trinajstić information content (AvgIpc) is 3.19. The molecule has 1 saturated heterocycles. The molecular weight excluding hydrogens is 288 g/mol. The fourth-order valence-electron chi connectivity index (χ4n) is 2.77. The summed E-state index contributed by atoms with van der Waals surface area (Å²) < 4.78 is 26.7. The molecule has 1 saturated carbocycles. The zero-order valence-corrected chi connectivity index (χ0v) is 13.3. The summed E-state index contributed by atoms with van der Waals surface area (Å²) in [5, 5.41) is 3.77. The summed E-state index contributed by atoms with van der Waals surface area (Å²) in [6.45, 7) is 4.20. The smallest absolute Gasteiger partial charge is 0.260 e. The van der Waals surface area contributed by atoms with E-state index in [1.807, 2.05) is 6.92 Å². The van der Waals surface area contributed by atoms with Gasteiger partial charge in [-0.25, -0.2) is 13.4 Å². The molecule has 0 aromatic carbocycles. The first kappa shape index (κ1) is 15.0. The Morgan fingerprint density at radius 1 is 1.33 bits per heavy atom. The van der Waals surface area contributed by atoms with E-state index >= 15 is 0 Å². The summed E-state index contributed by atoms with van der Waals surface area (Å²) >= 11 is 0. The van der Waals surface area contributed by atoms with Crippen LogP contribution in [0.4, 0.5) is 0 Å². The third-order valence-corrected chi connectivity index (χ3v) is 6.21. The molecule has 3 rings (SSSR count). The number of piperidine rings is 1. The van der Waals surface area contributed by atoms with Crippen molar-refractivity contribution < 1.29 is 8.42 Å². The van der Waals surface area contributed by atoms with E-state index in [0.717, 1.165) is 31.3 Å². The van der Waals surface area contributed by atoms with Gasteiger partial charge in [0.2, 0.25) is 0 Å². The quantitative estimate of drug-likeness (QED) is 0.825. The molecule has 2 N–H and O–H groups in total. The van der Waals surface area contributed by atoms with E-state index in [9.17, 15) is 8.42 Å². The first-order chi connectivity index (χ1) is 10.1. The second-order valence-electron chi connectivity index (χ2n) is 6.08. The second kappa shape index (κ2) is 6.06. The number of aromatic amines is 1. The van der Waals surface area contributed by atoms with Crippen molar-refractivity contribution in [3.8, 4) is 0 Å². The van der Waals surface area contributed by atoms with Crippen LogP contribution in [0.2, 0.25) is 0 Å². The highest BCUT2D eigenvalue weighted by Gasteiger charge is 2.31. The molecule has 0 amide bonds. The van der Waals surface area contributed by atoms with Gasteiger partial charge in [0.05, 0.1) is 6.20 Å². The maximum atomic E-state index is 12.5. The number of nitrogens with one attached hydrogen (secondary N) is 2. The largest absolute Gasteiger partial charge is 0.332 e. The number of rotatable bonds is 6. The van der Waals surface area contributed by atoms with Crippen molar-refractivity contribution >= 4 is 10.0 Å². The van der Waals surface area contributed by atoms with Crippen LogP contribution in [0.25, 0.3) is 0 Å². The van der Waals surface area contributed by atoms with Gasteiger partial charge in [-0.2, -0.15) is 4.31 Å². The van der Waals surface area contributed by atoms with Gasteiger partial charge in [0, 0.05) is 25.6 Å². The van der Waals surface area contributed by atoms with E-state index in [-0.39, 0.29) is 5.03 Å². The number of aryl methyl sites for hydroxylation is 1. The van der Waals surface area contributed by atoms with E-state index in [0.29, 0.717) is 25.4 Å². The molecule has 0 spiro atoms. The van der Waals surface area contributed by atoms with Gasteiger partial charge in [-0.15, -0.1) is 0 Å². The van der Waals surface area contributed by atoms with Gasteiger partial charge in [0.25, 0.3) is 10.0 Å². The van der Waals surface area contributed by atoms with Gasteiger partial charge in [0.15, 0.2) is 5.03 Å². The topological polar surface area (TPSA) is 78.1 Å². The van der Waals surface area contributed by atoms with Crippen LogP contribution in [-0.2, 0) is 16.4 Å². The molecule has 7 heteroatoms. The summed E-state index contributed by atoms with van der Waals surface area (Å²) in [6, 6.07) is 0.726. The molecule has 0 unspecified atom stereocenters. The molecule has 0 radical (unpaired) electrons. The average molecular weight is 312 g/mol. The van der Waals surface area contributed by atoms with Crippen LogP contribution in [0, 0.1) is 5.92 Å². The van der Waals surface area contributed by atoms with Crippen molar-refractivity contribution in [1.29, 1.82) is 0 Å². The van der Waals surface area contributed by atoms with E-state index in [4.69, 9.17) is 0 Å². The lowest BCUT2D eigenvalue weighted by atomic mass is 9.98. The summed E-state index contributed by atoms with van der Waals surface area (Å²) in [6.07, 6.45) is 6.63. The highest BCUT2D eigenvalue weighted by molar-refractivity contribution is 7.89. The zero-order valence-electron chi connectivity index (χ0n) is 12.5. The molecule has 1 aliphatic heterocycles. The first-order valence-electron chi connectivity index (χ1n) is 7.87. The molecule has 1 aromatic heterocycles. The van der Waals surface area contributed by atoms with Crippen molar-refractivity contribution in [3.63, 3.8) is 0 Å². The predicted octanol–water partition coefficient (Wildman–Crippen LogP) is 1.12. The Bertz CT molecular complexity index is 572. The third-order valence-electron chi connectivity index (χ3n) is 4.40. The highest BCUT2D eigenvalue weighted by atomic mass is 32.2. The number of imidazole rings is 1. The Kier molecular flexibility index (Phi) is 4.33. The normalized spacial score (nSPS) is 21.8. The van der Waals surface area contributed by atoms with Gasteiger partial charge in [-0.1, -0.05) is 6.92 Å². The van der Waals surface area contributed by atoms with Gasteiger partial charge in [-0.3, -0.25) is 0 Å². The standard InChI is InChI=1S/C14H24N4O2S/c1-2-13-16-10-14(17-13)21(19,20)18-7-5-11(6-8-18)9-15-12-3-4-12/h10-12,15H,2-9H2,1H3,(H,16,17). The molecule has 1 aromatic rings. The maximum Gasteiger partial charge on any atom is 0.260 e. The highest BCUT2D eigenvalue weighted by Crippen LogP contribution is 2.24. The van der Waals surface area contributed by atoms with Crippen LogP contribution in [0.15, 0.2) is 11.2 Å². The number of H-pyrrole nitrogens is 1. The number of hydrogen-bond acceptors (Lipinski definition) is 4. The molecule has 6 nitrogen and oxygen atoms in total. The molecule has 2 aliphatic rings. The van der Waals surface area contributed by atoms with E-state index in [1.165, 1.54) is 19.0 Å². The van der Waals surface area contributed by atoms with Crippen LogP contribution in [0.5, 0.6) is 0 Å². The van der Waals surface area contributed by atoms with Crippen molar-refractivity contribution in [2.45, 2.75) is 50.1 Å². The number of aromatic nitrogens is 2. The number of hydrogen-bond donors (Lipinski definition) is 2. The lowest BCUT2D eigenvalue weighted by Crippen LogP contribution is -2.41. The molecule has 2 heterocycles. The van der Waals surface area contributed by atoms with Crippen LogP contribution in [0.3, 0.4) is 0 Å². The fourth-order valence-corrected chi connectivity index (χ4v) is 4.17. The molecular formula is C14H24N4O2S. The Morgan fingerprint density at radius 2 is 2.05 bits per heavy atom. The summed E-state index contributed by atoms with van der Waals surface area (Å²) in [5.74, 6) is 1.32. The van der Waals surface area contributed by atoms with E-state index < -0.39 is 10.0 Å². The second-order valence-corrected chi connectivity index (χ2v) is 7.98. The van der Waals surface area contributed by atoms with Crippen LogP contribution in [-0.4, -0.2) is 48.4 Å². The Balaban J connectivity index is 1.57. The van der Waals surface area contributed by atoms with Gasteiger partial charge in [0.1, 0.15) is 5.82 Å². The minimum Gasteiger partial charge on any atom is -0.332 e. The molecule has 2 fully saturated rings. The predicted molar refractivity (Wildman–Crippen MR) is 80.5 cm³/mol. The summed E-state index contributed by atoms with van der Waals surface area (Å²) in [4.78, 5) is 7.00. The van der Waals surface area contributed by atoms with Crippen LogP contribution >= 0.6 is 0 Å². The molecule has 0 bridgehead atoms. The minimum absolute atomic E-state index is 0.230. The molecule has 0 atom stereocenters. The third kappa shape index (κ3) is 3.46. The van der Waals surface area contributed by atoms with Crippen LogP contribution < -0.4 is 5.32 Å². The SMILES string of the molecule is CCc1ncc(S(=O)(=O)N2CCC(CNC3CC3)CC2)[nH]1. The fraction of sp³-hybridized carbons (Fsp3) is 0.786. The van der Waals surface area contributed by atoms with E-state index in [1.54, 1.807) is 4.31 Å². The molecule has 118 valence electrons. The maximum absolute atomic E-state index is 12.5. The number of nitrogens with zero attached hydrogens (tertiary/aromatic N) is 2. The van der Waals surface area contributed by atoms with Crippen molar-refractivity contribution in [1.82, 2.24) is 19.6 Å². The zero-order chi connectivity index (χ0) is 14.9. The first-order valence-corrected chi connectivity index (χ1v) is 9.31. The Labute approximate surface area is 126 Å². The summed E-state index contributed by atoms with van der Waals surface area (Å²) in [7, 11) is -3.40. The lowest BCUT2D eigenvalue weighted by Gasteiger charge is -2.30. The van der Waals surface area contributed by atoms with Crippen molar-refractivity contribution in [3.05, 3.63) is 12.0 Å². The van der Waals surface area contributed by atoms with E-state index in [2.05, 4.69) is 15.3 Å². The molecule has 21 heavy (non-hydrogen) atoms. The van der Waals surface area contributed by atoms with Gasteiger partial charge in [-0.05, 0) is 38.1 Å². The summed E-state index contributed by atoms with van der Waals surface area (Å²) in [5.41, 5.74) is 0.